The molecule has 0 saturated carbocycles. The number of rotatable bonds is 8. The minimum atomic E-state index is -0.395. The zero-order valence-electron chi connectivity index (χ0n) is 16.6. The number of anilines is 3. The molecule has 2 aromatic heterocycles. The summed E-state index contributed by atoms with van der Waals surface area (Å²) in [4.78, 5) is 26.3. The van der Waals surface area contributed by atoms with E-state index >= 15 is 0 Å². The smallest absolute Gasteiger partial charge is 0.274 e. The third kappa shape index (κ3) is 5.23. The molecule has 9 heteroatoms. The lowest BCUT2D eigenvalue weighted by Crippen LogP contribution is -2.21. The summed E-state index contributed by atoms with van der Waals surface area (Å²) in [6, 6.07) is 12.3. The zero-order chi connectivity index (χ0) is 20.8. The molecule has 0 aliphatic heterocycles. The summed E-state index contributed by atoms with van der Waals surface area (Å²) in [5.74, 6) is 0.984. The molecule has 0 radical (unpaired) electrons. The number of hydrogen-bond acceptors (Lipinski definition) is 8. The molecule has 0 aliphatic rings. The Morgan fingerprint density at radius 3 is 2.62 bits per heavy atom. The summed E-state index contributed by atoms with van der Waals surface area (Å²) in [7, 11) is 3.98. The number of nitrogens with one attached hydrogen (secondary N) is 2. The SMILES string of the molecule is Cc1c(Nc2cc(-c3ccccn3)nc(NCCN(C)C)n2)cccc1[N+](=O)[O-]. The Bertz CT molecular complexity index is 993. The lowest BCUT2D eigenvalue weighted by molar-refractivity contribution is -0.385. The molecule has 0 saturated heterocycles. The fraction of sp³-hybridized carbons (Fsp3) is 0.250. The predicted molar refractivity (Wildman–Crippen MR) is 113 cm³/mol. The largest absolute Gasteiger partial charge is 0.353 e. The van der Waals surface area contributed by atoms with Gasteiger partial charge in [-0.05, 0) is 39.2 Å². The highest BCUT2D eigenvalue weighted by Crippen LogP contribution is 2.28. The van der Waals surface area contributed by atoms with Crippen LogP contribution in [0.4, 0.5) is 23.1 Å². The van der Waals surface area contributed by atoms with Crippen LogP contribution in [0.25, 0.3) is 11.4 Å². The zero-order valence-corrected chi connectivity index (χ0v) is 16.6. The van der Waals surface area contributed by atoms with Gasteiger partial charge in [0.05, 0.1) is 21.9 Å². The summed E-state index contributed by atoms with van der Waals surface area (Å²) < 4.78 is 0. The van der Waals surface area contributed by atoms with Crippen molar-refractivity contribution in [1.29, 1.82) is 0 Å². The number of nitro benzene ring substituents is 1. The van der Waals surface area contributed by atoms with Crippen molar-refractivity contribution < 1.29 is 4.92 Å². The quantitative estimate of drug-likeness (QED) is 0.442. The van der Waals surface area contributed by atoms with E-state index in [1.807, 2.05) is 32.3 Å². The van der Waals surface area contributed by atoms with Crippen molar-refractivity contribution >= 4 is 23.1 Å². The van der Waals surface area contributed by atoms with Crippen molar-refractivity contribution in [3.63, 3.8) is 0 Å². The number of aromatic nitrogens is 3. The van der Waals surface area contributed by atoms with Gasteiger partial charge in [0.15, 0.2) is 0 Å². The number of pyridine rings is 1. The number of nitro groups is 1. The fourth-order valence-corrected chi connectivity index (χ4v) is 2.72. The van der Waals surface area contributed by atoms with Gasteiger partial charge in [0.25, 0.3) is 5.69 Å². The van der Waals surface area contributed by atoms with Crippen LogP contribution in [0.5, 0.6) is 0 Å². The van der Waals surface area contributed by atoms with Gasteiger partial charge in [-0.25, -0.2) is 4.98 Å². The van der Waals surface area contributed by atoms with Gasteiger partial charge in [0.1, 0.15) is 5.82 Å². The van der Waals surface area contributed by atoms with Crippen LogP contribution in [0.3, 0.4) is 0 Å². The van der Waals surface area contributed by atoms with Crippen molar-refractivity contribution in [3.05, 3.63) is 64.3 Å². The van der Waals surface area contributed by atoms with Gasteiger partial charge >= 0.3 is 0 Å². The van der Waals surface area contributed by atoms with E-state index in [9.17, 15) is 10.1 Å². The molecule has 2 N–H and O–H groups in total. The van der Waals surface area contributed by atoms with Gasteiger partial charge in [0, 0.05) is 37.1 Å². The van der Waals surface area contributed by atoms with Crippen molar-refractivity contribution in [3.8, 4) is 11.4 Å². The van der Waals surface area contributed by atoms with E-state index in [1.54, 1.807) is 31.3 Å². The van der Waals surface area contributed by atoms with Crippen LogP contribution in [0.1, 0.15) is 5.56 Å². The molecule has 2 heterocycles. The highest BCUT2D eigenvalue weighted by Gasteiger charge is 2.15. The van der Waals surface area contributed by atoms with Crippen molar-refractivity contribution in [2.24, 2.45) is 0 Å². The molecule has 0 unspecified atom stereocenters. The van der Waals surface area contributed by atoms with Gasteiger partial charge in [-0.1, -0.05) is 12.1 Å². The Morgan fingerprint density at radius 1 is 1.10 bits per heavy atom. The second kappa shape index (κ2) is 9.07. The highest BCUT2D eigenvalue weighted by molar-refractivity contribution is 5.69. The first kappa shape index (κ1) is 20.2. The van der Waals surface area contributed by atoms with Crippen LogP contribution in [0, 0.1) is 17.0 Å². The third-order valence-corrected chi connectivity index (χ3v) is 4.26. The first-order valence-corrected chi connectivity index (χ1v) is 9.14. The van der Waals surface area contributed by atoms with Crippen LogP contribution in [0.2, 0.25) is 0 Å². The van der Waals surface area contributed by atoms with Crippen LogP contribution in [-0.4, -0.2) is 52.0 Å². The molecule has 9 nitrogen and oxygen atoms in total. The molecule has 0 aliphatic carbocycles. The minimum Gasteiger partial charge on any atom is -0.353 e. The standard InChI is InChI=1S/C20H23N7O2/c1-14-15(8-6-9-18(14)27(28)29)23-19-13-17(16-7-4-5-10-21-16)24-20(25-19)22-11-12-26(2)3/h4-10,13H,11-12H2,1-3H3,(H2,22,23,24,25). The van der Waals surface area contributed by atoms with Crippen LogP contribution < -0.4 is 10.6 Å². The predicted octanol–water partition coefficient (Wildman–Crippen LogP) is 3.47. The van der Waals surface area contributed by atoms with Crippen molar-refractivity contribution in [1.82, 2.24) is 19.9 Å². The van der Waals surface area contributed by atoms with E-state index in [1.165, 1.54) is 6.07 Å². The Morgan fingerprint density at radius 2 is 1.93 bits per heavy atom. The Labute approximate surface area is 169 Å². The van der Waals surface area contributed by atoms with Gasteiger partial charge in [0.2, 0.25) is 5.95 Å². The molecule has 3 rings (SSSR count). The van der Waals surface area contributed by atoms with Crippen LogP contribution >= 0.6 is 0 Å². The first-order chi connectivity index (χ1) is 13.9. The third-order valence-electron chi connectivity index (χ3n) is 4.26. The number of nitrogens with zero attached hydrogens (tertiary/aromatic N) is 5. The Hall–Kier alpha value is -3.59. The molecule has 0 fully saturated rings. The first-order valence-electron chi connectivity index (χ1n) is 9.14. The number of benzene rings is 1. The Balaban J connectivity index is 1.95. The van der Waals surface area contributed by atoms with Gasteiger partial charge < -0.3 is 15.5 Å². The number of likely N-dealkylation sites (N-methyl/N-ethyl adjacent to an activating group) is 1. The summed E-state index contributed by atoms with van der Waals surface area (Å²) in [5, 5.41) is 17.6. The van der Waals surface area contributed by atoms with E-state index in [2.05, 4.69) is 30.5 Å². The topological polar surface area (TPSA) is 109 Å². The summed E-state index contributed by atoms with van der Waals surface area (Å²) in [6.45, 7) is 3.20. The molecule has 3 aromatic rings. The fourth-order valence-electron chi connectivity index (χ4n) is 2.72. The Kier molecular flexibility index (Phi) is 6.30. The van der Waals surface area contributed by atoms with Crippen LogP contribution in [-0.2, 0) is 0 Å². The van der Waals surface area contributed by atoms with Gasteiger partial charge in [-0.3, -0.25) is 15.1 Å². The van der Waals surface area contributed by atoms with Crippen molar-refractivity contribution in [2.45, 2.75) is 6.92 Å². The molecular weight excluding hydrogens is 370 g/mol. The van der Waals surface area contributed by atoms with E-state index in [4.69, 9.17) is 0 Å². The normalized spacial score (nSPS) is 10.8. The monoisotopic (exact) mass is 393 g/mol. The molecule has 150 valence electrons. The molecule has 29 heavy (non-hydrogen) atoms. The second-order valence-electron chi connectivity index (χ2n) is 6.74. The minimum absolute atomic E-state index is 0.0540. The van der Waals surface area contributed by atoms with Gasteiger partial charge in [-0.15, -0.1) is 0 Å². The maximum atomic E-state index is 11.2. The maximum Gasteiger partial charge on any atom is 0.274 e. The second-order valence-corrected chi connectivity index (χ2v) is 6.74. The average molecular weight is 393 g/mol. The van der Waals surface area contributed by atoms with Crippen molar-refractivity contribution in [2.75, 3.05) is 37.8 Å². The molecule has 0 amide bonds. The van der Waals surface area contributed by atoms with E-state index in [0.29, 0.717) is 40.9 Å². The summed E-state index contributed by atoms with van der Waals surface area (Å²) in [6.07, 6.45) is 1.70. The average Bonchev–Trinajstić information content (AvgIpc) is 2.69. The molecular formula is C20H23N7O2. The lowest BCUT2D eigenvalue weighted by atomic mass is 10.1. The van der Waals surface area contributed by atoms with E-state index in [-0.39, 0.29) is 5.69 Å². The van der Waals surface area contributed by atoms with Gasteiger partial charge in [-0.2, -0.15) is 4.98 Å². The van der Waals surface area contributed by atoms with E-state index < -0.39 is 4.92 Å². The maximum absolute atomic E-state index is 11.2. The summed E-state index contributed by atoms with van der Waals surface area (Å²) >= 11 is 0. The summed E-state index contributed by atoms with van der Waals surface area (Å²) in [5.41, 5.74) is 2.57. The highest BCUT2D eigenvalue weighted by atomic mass is 16.6. The molecule has 1 aromatic carbocycles. The molecule has 0 spiro atoms. The van der Waals surface area contributed by atoms with E-state index in [0.717, 1.165) is 6.54 Å². The number of hydrogen-bond donors (Lipinski definition) is 2. The molecule has 0 bridgehead atoms. The lowest BCUT2D eigenvalue weighted by Gasteiger charge is -2.14. The van der Waals surface area contributed by atoms with Crippen LogP contribution in [0.15, 0.2) is 48.7 Å². The molecule has 0 atom stereocenters.